The van der Waals surface area contributed by atoms with Gasteiger partial charge in [0.15, 0.2) is 0 Å². The fraction of sp³-hybridized carbons (Fsp3) is 0.345. The van der Waals surface area contributed by atoms with Crippen LogP contribution in [0.1, 0.15) is 59.5 Å². The molecule has 0 bridgehead atoms. The van der Waals surface area contributed by atoms with E-state index in [0.717, 1.165) is 55.6 Å². The van der Waals surface area contributed by atoms with Gasteiger partial charge in [0.1, 0.15) is 23.0 Å². The molecule has 0 radical (unpaired) electrons. The fourth-order valence-corrected chi connectivity index (χ4v) is 5.24. The summed E-state index contributed by atoms with van der Waals surface area (Å²) in [6.45, 7) is 0.708. The molecule has 1 heterocycles. The van der Waals surface area contributed by atoms with Gasteiger partial charge in [-0.15, -0.1) is 0 Å². The molecule has 2 atom stereocenters. The van der Waals surface area contributed by atoms with Crippen LogP contribution in [0.4, 0.5) is 0 Å². The molecule has 5 rings (SSSR count). The van der Waals surface area contributed by atoms with Crippen LogP contribution in [0.3, 0.4) is 0 Å². The number of aryl methyl sites for hydroxylation is 1. The molecule has 1 N–H and O–H groups in total. The van der Waals surface area contributed by atoms with Gasteiger partial charge in [0.05, 0.1) is 18.7 Å². The minimum atomic E-state index is -0.0620. The number of nitrogens with one attached hydrogen (secondary N) is 1. The molecule has 35 heavy (non-hydrogen) atoms. The van der Waals surface area contributed by atoms with Crippen molar-refractivity contribution in [3.63, 3.8) is 0 Å². The molecule has 5 nitrogen and oxygen atoms in total. The second-order valence-electron chi connectivity index (χ2n) is 9.28. The molecule has 1 fully saturated rings. The van der Waals surface area contributed by atoms with E-state index in [1.165, 1.54) is 5.56 Å². The van der Waals surface area contributed by atoms with Crippen LogP contribution in [0.5, 0.6) is 23.0 Å². The predicted octanol–water partition coefficient (Wildman–Crippen LogP) is 6.92. The Hall–Kier alpha value is -3.18. The van der Waals surface area contributed by atoms with Gasteiger partial charge in [-0.25, -0.2) is 0 Å². The number of halogens is 1. The molecule has 6 heteroatoms. The molecule has 1 saturated carbocycles. The first-order valence-corrected chi connectivity index (χ1v) is 12.6. The molecular formula is C29H30ClNO4. The van der Waals surface area contributed by atoms with E-state index in [-0.39, 0.29) is 11.9 Å². The van der Waals surface area contributed by atoms with Crippen molar-refractivity contribution in [2.75, 3.05) is 13.7 Å². The van der Waals surface area contributed by atoms with Crippen LogP contribution in [0, 0.1) is 0 Å². The third-order valence-corrected chi connectivity index (χ3v) is 7.18. The maximum atomic E-state index is 12.9. The van der Waals surface area contributed by atoms with Gasteiger partial charge < -0.3 is 19.5 Å². The Kier molecular flexibility index (Phi) is 7.14. The lowest BCUT2D eigenvalue weighted by Gasteiger charge is -2.30. The molecule has 0 aromatic heterocycles. The number of rotatable bonds is 6. The highest BCUT2D eigenvalue weighted by atomic mass is 35.5. The maximum Gasteiger partial charge on any atom is 0.251 e. The summed E-state index contributed by atoms with van der Waals surface area (Å²) in [5.74, 6) is 3.23. The van der Waals surface area contributed by atoms with Crippen LogP contribution < -0.4 is 19.5 Å². The van der Waals surface area contributed by atoms with Crippen LogP contribution in [0.2, 0.25) is 5.02 Å². The monoisotopic (exact) mass is 491 g/mol. The number of carbonyl (C=O) groups is 1. The number of fused-ring (bicyclic) bond motifs is 1. The lowest BCUT2D eigenvalue weighted by Crippen LogP contribution is -2.37. The number of ether oxygens (including phenoxy) is 3. The molecule has 3 aromatic carbocycles. The van der Waals surface area contributed by atoms with Crippen molar-refractivity contribution in [3.05, 3.63) is 82.4 Å². The van der Waals surface area contributed by atoms with Crippen molar-refractivity contribution in [3.8, 4) is 23.0 Å². The molecule has 0 spiro atoms. The van der Waals surface area contributed by atoms with Crippen LogP contribution in [0.25, 0.3) is 0 Å². The zero-order valence-corrected chi connectivity index (χ0v) is 20.6. The van der Waals surface area contributed by atoms with E-state index in [0.29, 0.717) is 34.6 Å². The summed E-state index contributed by atoms with van der Waals surface area (Å²) >= 11 is 6.42. The SMILES string of the molecule is COc1cccc(C2CCCC(NC(=O)c3ccc(Oc4cc5c(cc4Cl)CCCO5)cc3)C2)c1. The fourth-order valence-electron chi connectivity index (χ4n) is 5.02. The minimum Gasteiger partial charge on any atom is -0.497 e. The number of carbonyl (C=O) groups excluding carboxylic acids is 1. The standard InChI is InChI=1S/C29H30ClNO4/c1-33-25-9-3-6-21(16-25)20-5-2-8-23(15-20)31-29(32)19-10-12-24(13-11-19)35-28-18-27-22(17-26(28)30)7-4-14-34-27/h3,6,9-13,16-18,20,23H,2,4-5,7-8,14-15H2,1H3,(H,31,32). The summed E-state index contributed by atoms with van der Waals surface area (Å²) in [6.07, 6.45) is 6.09. The van der Waals surface area contributed by atoms with E-state index in [4.69, 9.17) is 25.8 Å². The first-order chi connectivity index (χ1) is 17.1. The van der Waals surface area contributed by atoms with E-state index in [9.17, 15) is 4.79 Å². The summed E-state index contributed by atoms with van der Waals surface area (Å²) in [6, 6.07) is 19.3. The van der Waals surface area contributed by atoms with Crippen LogP contribution in [-0.4, -0.2) is 25.7 Å². The Bertz CT molecular complexity index is 1190. The van der Waals surface area contributed by atoms with Crippen molar-refractivity contribution < 1.29 is 19.0 Å². The van der Waals surface area contributed by atoms with Gasteiger partial charge in [0.2, 0.25) is 0 Å². The van der Waals surface area contributed by atoms with Gasteiger partial charge in [0, 0.05) is 17.7 Å². The quantitative estimate of drug-likeness (QED) is 0.406. The predicted molar refractivity (Wildman–Crippen MR) is 137 cm³/mol. The molecular weight excluding hydrogens is 462 g/mol. The van der Waals surface area contributed by atoms with Crippen molar-refractivity contribution >= 4 is 17.5 Å². The summed E-state index contributed by atoms with van der Waals surface area (Å²) in [5, 5.41) is 3.78. The zero-order chi connectivity index (χ0) is 24.2. The largest absolute Gasteiger partial charge is 0.497 e. The Morgan fingerprint density at radius 3 is 2.71 bits per heavy atom. The highest BCUT2D eigenvalue weighted by Crippen LogP contribution is 2.38. The summed E-state index contributed by atoms with van der Waals surface area (Å²) in [7, 11) is 1.69. The summed E-state index contributed by atoms with van der Waals surface area (Å²) in [4.78, 5) is 12.9. The maximum absolute atomic E-state index is 12.9. The van der Waals surface area contributed by atoms with Gasteiger partial charge in [-0.1, -0.05) is 30.2 Å². The van der Waals surface area contributed by atoms with Gasteiger partial charge in [-0.3, -0.25) is 4.79 Å². The Labute approximate surface area is 211 Å². The Morgan fingerprint density at radius 2 is 1.89 bits per heavy atom. The highest BCUT2D eigenvalue weighted by Gasteiger charge is 2.25. The molecule has 2 unspecified atom stereocenters. The van der Waals surface area contributed by atoms with E-state index >= 15 is 0 Å². The van der Waals surface area contributed by atoms with Crippen LogP contribution in [0.15, 0.2) is 60.7 Å². The minimum absolute atomic E-state index is 0.0620. The van der Waals surface area contributed by atoms with Gasteiger partial charge in [-0.05, 0) is 91.6 Å². The molecule has 3 aromatic rings. The molecule has 2 aliphatic rings. The smallest absolute Gasteiger partial charge is 0.251 e. The van der Waals surface area contributed by atoms with Gasteiger partial charge in [0.25, 0.3) is 5.91 Å². The molecule has 1 aliphatic carbocycles. The van der Waals surface area contributed by atoms with E-state index in [2.05, 4.69) is 17.4 Å². The van der Waals surface area contributed by atoms with Crippen molar-refractivity contribution in [2.24, 2.45) is 0 Å². The van der Waals surface area contributed by atoms with Crippen molar-refractivity contribution in [2.45, 2.75) is 50.5 Å². The highest BCUT2D eigenvalue weighted by molar-refractivity contribution is 6.32. The average molecular weight is 492 g/mol. The van der Waals surface area contributed by atoms with E-state index < -0.39 is 0 Å². The van der Waals surface area contributed by atoms with Gasteiger partial charge >= 0.3 is 0 Å². The normalized spacial score (nSPS) is 19.3. The number of hydrogen-bond donors (Lipinski definition) is 1. The van der Waals surface area contributed by atoms with E-state index in [1.807, 2.05) is 24.3 Å². The van der Waals surface area contributed by atoms with E-state index in [1.54, 1.807) is 31.4 Å². The van der Waals surface area contributed by atoms with Crippen molar-refractivity contribution in [1.82, 2.24) is 5.32 Å². The molecule has 0 saturated heterocycles. The second kappa shape index (κ2) is 10.6. The molecule has 182 valence electrons. The topological polar surface area (TPSA) is 56.8 Å². The Balaban J connectivity index is 1.21. The average Bonchev–Trinajstić information content (AvgIpc) is 2.89. The number of hydrogen-bond acceptors (Lipinski definition) is 4. The second-order valence-corrected chi connectivity index (χ2v) is 9.69. The third kappa shape index (κ3) is 5.57. The lowest BCUT2D eigenvalue weighted by molar-refractivity contribution is 0.0925. The van der Waals surface area contributed by atoms with Gasteiger partial charge in [-0.2, -0.15) is 0 Å². The number of benzene rings is 3. The Morgan fingerprint density at radius 1 is 1.03 bits per heavy atom. The first-order valence-electron chi connectivity index (χ1n) is 12.3. The molecule has 1 amide bonds. The zero-order valence-electron chi connectivity index (χ0n) is 19.9. The number of methoxy groups -OCH3 is 1. The summed E-state index contributed by atoms with van der Waals surface area (Å²) in [5.41, 5.74) is 2.99. The van der Waals surface area contributed by atoms with Crippen LogP contribution in [-0.2, 0) is 6.42 Å². The number of amides is 1. The third-order valence-electron chi connectivity index (χ3n) is 6.88. The summed E-state index contributed by atoms with van der Waals surface area (Å²) < 4.78 is 17.1. The van der Waals surface area contributed by atoms with Crippen LogP contribution >= 0.6 is 11.6 Å². The van der Waals surface area contributed by atoms with Crippen molar-refractivity contribution in [1.29, 1.82) is 0 Å². The first kappa shape index (κ1) is 23.6. The molecule has 1 aliphatic heterocycles. The lowest BCUT2D eigenvalue weighted by atomic mass is 9.81.